The normalized spacial score (nSPS) is 21.3. The van der Waals surface area contributed by atoms with Crippen molar-refractivity contribution in [1.82, 2.24) is 5.32 Å². The highest BCUT2D eigenvalue weighted by Crippen LogP contribution is 2.49. The molecule has 4 rings (SSSR count). The number of fused-ring (bicyclic) bond motifs is 3. The van der Waals surface area contributed by atoms with Gasteiger partial charge in [-0.1, -0.05) is 26.0 Å². The Kier molecular flexibility index (Phi) is 6.01. The number of nitro benzene ring substituents is 1. The second-order valence-corrected chi connectivity index (χ2v) is 9.25. The van der Waals surface area contributed by atoms with E-state index in [9.17, 15) is 28.1 Å². The maximum absolute atomic E-state index is 12.6. The number of nitrogens with one attached hydrogen (secondary N) is 2. The third kappa shape index (κ3) is 4.85. The predicted molar refractivity (Wildman–Crippen MR) is 120 cm³/mol. The Hall–Kier alpha value is -3.56. The summed E-state index contributed by atoms with van der Waals surface area (Å²) < 4.78 is 40.8. The minimum absolute atomic E-state index is 0.0238. The average molecular weight is 475 g/mol. The van der Waals surface area contributed by atoms with Crippen molar-refractivity contribution >= 4 is 17.3 Å². The Morgan fingerprint density at radius 3 is 2.56 bits per heavy atom. The van der Waals surface area contributed by atoms with E-state index in [0.29, 0.717) is 6.54 Å². The lowest BCUT2D eigenvalue weighted by atomic mass is 9.69. The molecule has 0 aromatic heterocycles. The van der Waals surface area contributed by atoms with Gasteiger partial charge in [-0.2, -0.15) is 0 Å². The molecule has 0 radical (unpaired) electrons. The van der Waals surface area contributed by atoms with Crippen LogP contribution < -0.4 is 15.4 Å². The molecule has 10 heteroatoms. The third-order valence-electron chi connectivity index (χ3n) is 6.45. The highest BCUT2D eigenvalue weighted by atomic mass is 19.4. The summed E-state index contributed by atoms with van der Waals surface area (Å²) in [6.45, 7) is 4.36. The van der Waals surface area contributed by atoms with E-state index in [2.05, 4.69) is 27.5 Å². The Labute approximate surface area is 194 Å². The van der Waals surface area contributed by atoms with Gasteiger partial charge in [-0.3, -0.25) is 14.9 Å². The summed E-state index contributed by atoms with van der Waals surface area (Å²) in [6.07, 6.45) is 0.178. The van der Waals surface area contributed by atoms with Crippen molar-refractivity contribution in [2.75, 3.05) is 11.9 Å². The zero-order chi connectivity index (χ0) is 24.7. The van der Waals surface area contributed by atoms with Gasteiger partial charge in [-0.25, -0.2) is 0 Å². The van der Waals surface area contributed by atoms with Crippen molar-refractivity contribution in [3.63, 3.8) is 0 Å². The molecule has 7 nitrogen and oxygen atoms in total. The van der Waals surface area contributed by atoms with Gasteiger partial charge in [0.2, 0.25) is 0 Å². The van der Waals surface area contributed by atoms with Crippen molar-refractivity contribution in [2.45, 2.75) is 38.6 Å². The fourth-order valence-electron chi connectivity index (χ4n) is 4.80. The number of hydrogen-bond acceptors (Lipinski definition) is 5. The van der Waals surface area contributed by atoms with Crippen molar-refractivity contribution < 1.29 is 27.6 Å². The van der Waals surface area contributed by atoms with Crippen LogP contribution in [0.25, 0.3) is 0 Å². The molecule has 0 spiro atoms. The third-order valence-corrected chi connectivity index (χ3v) is 6.45. The second kappa shape index (κ2) is 8.66. The molecule has 3 atom stereocenters. The van der Waals surface area contributed by atoms with Crippen LogP contribution in [0.5, 0.6) is 5.75 Å². The van der Waals surface area contributed by atoms with E-state index in [0.717, 1.165) is 29.8 Å². The van der Waals surface area contributed by atoms with Gasteiger partial charge < -0.3 is 15.4 Å². The molecule has 0 fully saturated rings. The highest BCUT2D eigenvalue weighted by molar-refractivity contribution is 5.94. The van der Waals surface area contributed by atoms with Crippen molar-refractivity contribution in [3.8, 4) is 5.75 Å². The van der Waals surface area contributed by atoms with Crippen molar-refractivity contribution in [3.05, 3.63) is 75.9 Å². The molecule has 2 aromatic rings. The number of carbonyl (C=O) groups is 1. The Balaban J connectivity index is 1.46. The molecule has 0 saturated heterocycles. The van der Waals surface area contributed by atoms with Gasteiger partial charge >= 0.3 is 6.36 Å². The van der Waals surface area contributed by atoms with Gasteiger partial charge in [0.15, 0.2) is 0 Å². The maximum atomic E-state index is 12.6. The number of alkyl halides is 3. The van der Waals surface area contributed by atoms with Crippen LogP contribution in [0.1, 0.15) is 42.1 Å². The number of non-ortho nitro benzene ring substituents is 1. The van der Waals surface area contributed by atoms with E-state index >= 15 is 0 Å². The van der Waals surface area contributed by atoms with E-state index in [1.807, 2.05) is 13.8 Å². The summed E-state index contributed by atoms with van der Waals surface area (Å²) in [6, 6.07) is 9.55. The lowest BCUT2D eigenvalue weighted by Gasteiger charge is -2.45. The first-order valence-electron chi connectivity index (χ1n) is 10.8. The van der Waals surface area contributed by atoms with Crippen LogP contribution in [-0.4, -0.2) is 29.8 Å². The van der Waals surface area contributed by atoms with E-state index in [1.165, 1.54) is 18.2 Å². The lowest BCUT2D eigenvalue weighted by Crippen LogP contribution is -2.51. The predicted octanol–water partition coefficient (Wildman–Crippen LogP) is 5.40. The molecule has 34 heavy (non-hydrogen) atoms. The fraction of sp³-hybridized carbons (Fsp3) is 0.375. The smallest absolute Gasteiger partial charge is 0.406 e. The molecular weight excluding hydrogens is 451 g/mol. The minimum Gasteiger partial charge on any atom is -0.406 e. The Morgan fingerprint density at radius 1 is 1.21 bits per heavy atom. The number of nitrogens with zero attached hydrogens (tertiary/aromatic N) is 1. The molecule has 0 bridgehead atoms. The molecule has 1 heterocycles. The Bertz CT molecular complexity index is 1130. The molecule has 2 N–H and O–H groups in total. The highest BCUT2D eigenvalue weighted by Gasteiger charge is 2.44. The molecule has 1 amide bonds. The van der Waals surface area contributed by atoms with Crippen LogP contribution in [0, 0.1) is 21.4 Å². The molecule has 1 aliphatic heterocycles. The van der Waals surface area contributed by atoms with Crippen LogP contribution in [0.2, 0.25) is 0 Å². The molecule has 3 unspecified atom stereocenters. The van der Waals surface area contributed by atoms with Crippen LogP contribution in [0.3, 0.4) is 0 Å². The molecule has 0 saturated carbocycles. The first-order valence-corrected chi connectivity index (χ1v) is 10.8. The van der Waals surface area contributed by atoms with Crippen LogP contribution in [0.15, 0.2) is 54.6 Å². The zero-order valence-corrected chi connectivity index (χ0v) is 18.6. The number of ether oxygens (including phenoxy) is 1. The number of anilines is 1. The summed E-state index contributed by atoms with van der Waals surface area (Å²) in [5, 5.41) is 17.6. The van der Waals surface area contributed by atoms with Crippen LogP contribution in [0.4, 0.5) is 24.5 Å². The van der Waals surface area contributed by atoms with E-state index in [1.54, 1.807) is 12.1 Å². The number of hydrogen-bond donors (Lipinski definition) is 2. The Morgan fingerprint density at radius 2 is 1.91 bits per heavy atom. The van der Waals surface area contributed by atoms with E-state index < -0.39 is 28.4 Å². The maximum Gasteiger partial charge on any atom is 0.573 e. The second-order valence-electron chi connectivity index (χ2n) is 9.25. The number of carbonyl (C=O) groups excluding carboxylic acids is 1. The van der Waals surface area contributed by atoms with Gasteiger partial charge in [-0.15, -0.1) is 13.2 Å². The molecule has 2 aromatic carbocycles. The van der Waals surface area contributed by atoms with Gasteiger partial charge in [0, 0.05) is 47.3 Å². The first-order chi connectivity index (χ1) is 15.9. The SMILES string of the molecule is CC(C)(CNC(=O)c1ccc(OC(F)(F)F)cc1)C1Nc2ccc([N+](=O)[O-])cc2C2C=CCC21. The quantitative estimate of drug-likeness (QED) is 0.331. The lowest BCUT2D eigenvalue weighted by molar-refractivity contribution is -0.384. The summed E-state index contributed by atoms with van der Waals surface area (Å²) in [4.78, 5) is 23.4. The monoisotopic (exact) mass is 475 g/mol. The van der Waals surface area contributed by atoms with Crippen LogP contribution >= 0.6 is 0 Å². The number of nitro groups is 1. The average Bonchev–Trinajstić information content (AvgIpc) is 3.26. The number of benzene rings is 2. The minimum atomic E-state index is -4.79. The summed E-state index contributed by atoms with van der Waals surface area (Å²) in [7, 11) is 0. The van der Waals surface area contributed by atoms with E-state index in [-0.39, 0.29) is 29.1 Å². The molecule has 2 aliphatic rings. The zero-order valence-electron chi connectivity index (χ0n) is 18.6. The number of allylic oxidation sites excluding steroid dienone is 2. The number of rotatable bonds is 6. The first kappa shape index (κ1) is 23.6. The van der Waals surface area contributed by atoms with Gasteiger partial charge in [0.25, 0.3) is 11.6 Å². The molecule has 180 valence electrons. The summed E-state index contributed by atoms with van der Waals surface area (Å²) >= 11 is 0. The van der Waals surface area contributed by atoms with Crippen molar-refractivity contribution in [2.24, 2.45) is 11.3 Å². The molecular formula is C24H24F3N3O4. The topological polar surface area (TPSA) is 93.5 Å². The molecule has 1 aliphatic carbocycles. The van der Waals surface area contributed by atoms with E-state index in [4.69, 9.17) is 0 Å². The summed E-state index contributed by atoms with van der Waals surface area (Å²) in [5.41, 5.74) is 1.60. The number of amides is 1. The largest absolute Gasteiger partial charge is 0.573 e. The van der Waals surface area contributed by atoms with Gasteiger partial charge in [0.1, 0.15) is 5.75 Å². The van der Waals surface area contributed by atoms with Gasteiger partial charge in [0.05, 0.1) is 4.92 Å². The summed E-state index contributed by atoms with van der Waals surface area (Å²) in [5.74, 6) is -0.591. The standard InChI is InChI=1S/C24H24F3N3O4/c1-23(2,13-28-22(31)14-6-9-16(10-7-14)34-24(25,26)27)21-18-5-3-4-17(18)19-12-15(30(32)33)8-11-20(19)29-21/h3-4,6-12,17-18,21,29H,5,13H2,1-2H3,(H,28,31). The number of halogens is 3. The fourth-order valence-corrected chi connectivity index (χ4v) is 4.80. The van der Waals surface area contributed by atoms with Crippen LogP contribution in [-0.2, 0) is 0 Å². The van der Waals surface area contributed by atoms with Crippen molar-refractivity contribution in [1.29, 1.82) is 0 Å². The van der Waals surface area contributed by atoms with Gasteiger partial charge in [-0.05, 0) is 48.2 Å².